The van der Waals surface area contributed by atoms with Crippen molar-refractivity contribution in [1.29, 1.82) is 0 Å². The molecule has 1 aliphatic rings. The van der Waals surface area contributed by atoms with Gasteiger partial charge in [-0.2, -0.15) is 4.98 Å². The second kappa shape index (κ2) is 7.19. The Bertz CT molecular complexity index is 721. The summed E-state index contributed by atoms with van der Waals surface area (Å²) in [4.78, 5) is 18.2. The Morgan fingerprint density at radius 1 is 1.54 bits per heavy atom. The maximum Gasteiger partial charge on any atom is 0.249 e. The molecule has 0 bridgehead atoms. The SMILES string of the molecule is Cc1noc([C@H]2C[C@@H](O)CN2C(=O)CCOc2cccc(Cl)c2)n1. The van der Waals surface area contributed by atoms with E-state index in [1.807, 2.05) is 0 Å². The van der Waals surface area contributed by atoms with Crippen LogP contribution in [-0.2, 0) is 4.79 Å². The lowest BCUT2D eigenvalue weighted by Crippen LogP contribution is -2.32. The van der Waals surface area contributed by atoms with Crippen molar-refractivity contribution in [3.05, 3.63) is 41.0 Å². The topological polar surface area (TPSA) is 88.7 Å². The number of nitrogens with zero attached hydrogens (tertiary/aromatic N) is 3. The molecule has 1 aromatic heterocycles. The summed E-state index contributed by atoms with van der Waals surface area (Å²) in [6.07, 6.45) is -0.0224. The minimum atomic E-state index is -0.597. The van der Waals surface area contributed by atoms with Crippen molar-refractivity contribution >= 4 is 17.5 Å². The molecule has 1 saturated heterocycles. The Balaban J connectivity index is 1.58. The van der Waals surface area contributed by atoms with Gasteiger partial charge in [-0.3, -0.25) is 4.79 Å². The summed E-state index contributed by atoms with van der Waals surface area (Å²) in [6, 6.07) is 6.61. The first kappa shape index (κ1) is 16.7. The number of amides is 1. The maximum atomic E-state index is 12.5. The first-order valence-corrected chi connectivity index (χ1v) is 8.07. The Kier molecular flexibility index (Phi) is 5.01. The zero-order valence-electron chi connectivity index (χ0n) is 13.2. The van der Waals surface area contributed by atoms with Gasteiger partial charge in [-0.05, 0) is 25.1 Å². The van der Waals surface area contributed by atoms with Crippen LogP contribution in [0.15, 0.2) is 28.8 Å². The number of rotatable bonds is 5. The van der Waals surface area contributed by atoms with Crippen molar-refractivity contribution in [2.45, 2.75) is 31.9 Å². The molecule has 2 aromatic rings. The third-order valence-electron chi connectivity index (χ3n) is 3.81. The summed E-state index contributed by atoms with van der Waals surface area (Å²) in [5.41, 5.74) is 0. The van der Waals surface area contributed by atoms with Crippen LogP contribution < -0.4 is 4.74 Å². The number of aromatic nitrogens is 2. The summed E-state index contributed by atoms with van der Waals surface area (Å²) >= 11 is 5.89. The number of aliphatic hydroxyl groups excluding tert-OH is 1. The molecule has 0 saturated carbocycles. The lowest BCUT2D eigenvalue weighted by molar-refractivity contribution is -0.133. The predicted octanol–water partition coefficient (Wildman–Crippen LogP) is 2.13. The molecule has 0 unspecified atom stereocenters. The summed E-state index contributed by atoms with van der Waals surface area (Å²) < 4.78 is 10.7. The third kappa shape index (κ3) is 3.85. The highest BCUT2D eigenvalue weighted by Gasteiger charge is 2.38. The number of β-amino-alcohol motifs (C(OH)–C–C–N with tert-alkyl or cyclic N) is 1. The summed E-state index contributed by atoms with van der Waals surface area (Å²) in [5.74, 6) is 1.34. The maximum absolute atomic E-state index is 12.5. The number of halogens is 1. The smallest absolute Gasteiger partial charge is 0.249 e. The van der Waals surface area contributed by atoms with E-state index < -0.39 is 6.10 Å². The van der Waals surface area contributed by atoms with E-state index in [4.69, 9.17) is 20.9 Å². The van der Waals surface area contributed by atoms with Gasteiger partial charge in [0.15, 0.2) is 5.82 Å². The van der Waals surface area contributed by atoms with Crippen LogP contribution in [0.5, 0.6) is 5.75 Å². The van der Waals surface area contributed by atoms with E-state index in [9.17, 15) is 9.90 Å². The van der Waals surface area contributed by atoms with Crippen molar-refractivity contribution in [1.82, 2.24) is 15.0 Å². The van der Waals surface area contributed by atoms with Gasteiger partial charge in [0.1, 0.15) is 11.8 Å². The fraction of sp³-hybridized carbons (Fsp3) is 0.438. The van der Waals surface area contributed by atoms with Crippen LogP contribution in [0.25, 0.3) is 0 Å². The summed E-state index contributed by atoms with van der Waals surface area (Å²) in [6.45, 7) is 2.19. The number of aliphatic hydroxyl groups is 1. The van der Waals surface area contributed by atoms with E-state index in [-0.39, 0.29) is 31.5 Å². The van der Waals surface area contributed by atoms with Gasteiger partial charge in [-0.25, -0.2) is 0 Å². The van der Waals surface area contributed by atoms with Gasteiger partial charge in [0, 0.05) is 18.0 Å². The molecular formula is C16H18ClN3O4. The molecule has 8 heteroatoms. The highest BCUT2D eigenvalue weighted by atomic mass is 35.5. The van der Waals surface area contributed by atoms with Gasteiger partial charge in [-0.1, -0.05) is 22.8 Å². The predicted molar refractivity (Wildman–Crippen MR) is 85.7 cm³/mol. The number of benzene rings is 1. The number of hydrogen-bond donors (Lipinski definition) is 1. The molecule has 1 aliphatic heterocycles. The Morgan fingerprint density at radius 2 is 2.38 bits per heavy atom. The van der Waals surface area contributed by atoms with Gasteiger partial charge in [0.25, 0.3) is 0 Å². The van der Waals surface area contributed by atoms with Crippen LogP contribution in [0.4, 0.5) is 0 Å². The fourth-order valence-corrected chi connectivity index (χ4v) is 2.91. The number of aryl methyl sites for hydroxylation is 1. The van der Waals surface area contributed by atoms with E-state index in [1.54, 1.807) is 36.1 Å². The van der Waals surface area contributed by atoms with E-state index >= 15 is 0 Å². The van der Waals surface area contributed by atoms with Crippen LogP contribution >= 0.6 is 11.6 Å². The largest absolute Gasteiger partial charge is 0.493 e. The monoisotopic (exact) mass is 351 g/mol. The van der Waals surface area contributed by atoms with Crippen molar-refractivity contribution < 1.29 is 19.2 Å². The molecule has 1 amide bonds. The Hall–Kier alpha value is -2.12. The number of likely N-dealkylation sites (tertiary alicyclic amines) is 1. The Morgan fingerprint density at radius 3 is 3.08 bits per heavy atom. The molecular weight excluding hydrogens is 334 g/mol. The van der Waals surface area contributed by atoms with E-state index in [1.165, 1.54) is 0 Å². The first-order valence-electron chi connectivity index (χ1n) is 7.69. The molecule has 0 spiro atoms. The summed E-state index contributed by atoms with van der Waals surface area (Å²) in [7, 11) is 0. The average molecular weight is 352 g/mol. The molecule has 7 nitrogen and oxygen atoms in total. The second-order valence-electron chi connectivity index (χ2n) is 5.69. The normalized spacial score (nSPS) is 20.4. The molecule has 1 fully saturated rings. The van der Waals surface area contributed by atoms with Gasteiger partial charge in [0.2, 0.25) is 11.8 Å². The summed E-state index contributed by atoms with van der Waals surface area (Å²) in [5, 5.41) is 14.2. The second-order valence-corrected chi connectivity index (χ2v) is 6.12. The molecule has 0 aliphatic carbocycles. The highest BCUT2D eigenvalue weighted by Crippen LogP contribution is 2.31. The van der Waals surface area contributed by atoms with Gasteiger partial charge in [0.05, 0.1) is 19.1 Å². The molecule has 0 radical (unpaired) electrons. The van der Waals surface area contributed by atoms with E-state index in [0.717, 1.165) is 0 Å². The highest BCUT2D eigenvalue weighted by molar-refractivity contribution is 6.30. The standard InChI is InChI=1S/C16H18ClN3O4/c1-10-18-16(24-19-10)14-8-12(21)9-20(14)15(22)5-6-23-13-4-2-3-11(17)7-13/h2-4,7,12,14,21H,5-6,8-9H2,1H3/t12-,14-/m1/s1. The zero-order chi connectivity index (χ0) is 17.1. The lowest BCUT2D eigenvalue weighted by Gasteiger charge is -2.21. The van der Waals surface area contributed by atoms with Crippen LogP contribution in [0.2, 0.25) is 5.02 Å². The molecule has 2 atom stereocenters. The quantitative estimate of drug-likeness (QED) is 0.887. The fourth-order valence-electron chi connectivity index (χ4n) is 2.73. The lowest BCUT2D eigenvalue weighted by atomic mass is 10.2. The van der Waals surface area contributed by atoms with Gasteiger partial charge < -0.3 is 19.3 Å². The first-order chi connectivity index (χ1) is 11.5. The average Bonchev–Trinajstić information content (AvgIpc) is 3.13. The van der Waals surface area contributed by atoms with Crippen LogP contribution in [-0.4, -0.2) is 45.3 Å². The minimum Gasteiger partial charge on any atom is -0.493 e. The van der Waals surface area contributed by atoms with Crippen molar-refractivity contribution in [3.63, 3.8) is 0 Å². The molecule has 24 heavy (non-hydrogen) atoms. The number of hydrogen-bond acceptors (Lipinski definition) is 6. The van der Waals surface area contributed by atoms with Gasteiger partial charge in [-0.15, -0.1) is 0 Å². The number of carbonyl (C=O) groups excluding carboxylic acids is 1. The molecule has 128 valence electrons. The molecule has 3 rings (SSSR count). The zero-order valence-corrected chi connectivity index (χ0v) is 13.9. The van der Waals surface area contributed by atoms with Crippen molar-refractivity contribution in [2.24, 2.45) is 0 Å². The molecule has 1 aromatic carbocycles. The van der Waals surface area contributed by atoms with Gasteiger partial charge >= 0.3 is 0 Å². The number of ether oxygens (including phenoxy) is 1. The molecule has 1 N–H and O–H groups in total. The molecule has 2 heterocycles. The van der Waals surface area contributed by atoms with E-state index in [2.05, 4.69) is 10.1 Å². The van der Waals surface area contributed by atoms with Crippen molar-refractivity contribution in [2.75, 3.05) is 13.2 Å². The van der Waals surface area contributed by atoms with Crippen LogP contribution in [0.1, 0.15) is 30.6 Å². The third-order valence-corrected chi connectivity index (χ3v) is 4.04. The van der Waals surface area contributed by atoms with Crippen molar-refractivity contribution in [3.8, 4) is 5.75 Å². The van der Waals surface area contributed by atoms with Crippen LogP contribution in [0.3, 0.4) is 0 Å². The Labute approximate surface area is 144 Å². The van der Waals surface area contributed by atoms with Crippen LogP contribution in [0, 0.1) is 6.92 Å². The van der Waals surface area contributed by atoms with E-state index in [0.29, 0.717) is 28.9 Å². The number of carbonyl (C=O) groups is 1. The minimum absolute atomic E-state index is 0.130.